The Labute approximate surface area is 135 Å². The van der Waals surface area contributed by atoms with Crippen molar-refractivity contribution in [1.82, 2.24) is 0 Å². The Morgan fingerprint density at radius 3 is 2.62 bits per heavy atom. The fourth-order valence-electron chi connectivity index (χ4n) is 1.81. The second kappa shape index (κ2) is 6.32. The number of nitrogens with one attached hydrogen (secondary N) is 1. The van der Waals surface area contributed by atoms with E-state index >= 15 is 0 Å². The number of amides is 1. The number of halogens is 2. The van der Waals surface area contributed by atoms with E-state index in [1.165, 1.54) is 18.2 Å². The van der Waals surface area contributed by atoms with E-state index in [9.17, 15) is 9.18 Å². The molecule has 0 heterocycles. The predicted molar refractivity (Wildman–Crippen MR) is 89.1 cm³/mol. The van der Waals surface area contributed by atoms with Gasteiger partial charge in [0.25, 0.3) is 5.91 Å². The quantitative estimate of drug-likeness (QED) is 0.812. The van der Waals surface area contributed by atoms with Crippen LogP contribution in [0.2, 0.25) is 0 Å². The number of anilines is 1. The Balaban J connectivity index is 2.31. The van der Waals surface area contributed by atoms with Gasteiger partial charge in [-0.3, -0.25) is 4.79 Å². The second-order valence-corrected chi connectivity index (χ2v) is 5.83. The summed E-state index contributed by atoms with van der Waals surface area (Å²) in [5.74, 6) is -0.697. The third kappa shape index (κ3) is 3.65. The zero-order valence-corrected chi connectivity index (χ0v) is 13.5. The van der Waals surface area contributed by atoms with Gasteiger partial charge in [-0.15, -0.1) is 0 Å². The van der Waals surface area contributed by atoms with E-state index in [0.717, 1.165) is 4.47 Å². The summed E-state index contributed by atoms with van der Waals surface area (Å²) in [6.07, 6.45) is 0. The lowest BCUT2D eigenvalue weighted by atomic mass is 10.1. The van der Waals surface area contributed by atoms with Crippen LogP contribution < -0.4 is 11.1 Å². The summed E-state index contributed by atoms with van der Waals surface area (Å²) in [6.45, 7) is 1.60. The molecule has 21 heavy (non-hydrogen) atoms. The Morgan fingerprint density at radius 2 is 2.00 bits per heavy atom. The van der Waals surface area contributed by atoms with Gasteiger partial charge in [0.15, 0.2) is 0 Å². The molecule has 2 aromatic carbocycles. The minimum Gasteiger partial charge on any atom is -0.389 e. The number of rotatable bonds is 3. The zero-order chi connectivity index (χ0) is 15.6. The number of carbonyl (C=O) groups is 1. The van der Waals surface area contributed by atoms with E-state index in [0.29, 0.717) is 22.4 Å². The summed E-state index contributed by atoms with van der Waals surface area (Å²) in [5, 5.41) is 2.73. The fraction of sp³-hybridized carbons (Fsp3) is 0.0667. The van der Waals surface area contributed by atoms with E-state index in [2.05, 4.69) is 21.2 Å². The van der Waals surface area contributed by atoms with Gasteiger partial charge < -0.3 is 11.1 Å². The first kappa shape index (κ1) is 15.6. The van der Waals surface area contributed by atoms with Crippen LogP contribution in [0.4, 0.5) is 10.1 Å². The Bertz CT molecular complexity index is 734. The Hall–Kier alpha value is -1.79. The molecule has 0 aliphatic rings. The van der Waals surface area contributed by atoms with E-state index < -0.39 is 0 Å². The Morgan fingerprint density at radius 1 is 1.29 bits per heavy atom. The third-order valence-corrected chi connectivity index (χ3v) is 3.63. The molecule has 2 aromatic rings. The normalized spacial score (nSPS) is 10.2. The van der Waals surface area contributed by atoms with Crippen molar-refractivity contribution < 1.29 is 9.18 Å². The van der Waals surface area contributed by atoms with Crippen molar-refractivity contribution in [3.05, 3.63) is 63.4 Å². The van der Waals surface area contributed by atoms with Crippen molar-refractivity contribution in [3.8, 4) is 0 Å². The third-order valence-electron chi connectivity index (χ3n) is 2.92. The molecule has 6 heteroatoms. The summed E-state index contributed by atoms with van der Waals surface area (Å²) in [5.41, 5.74) is 7.50. The van der Waals surface area contributed by atoms with Crippen LogP contribution in [0.5, 0.6) is 0 Å². The molecule has 0 radical (unpaired) electrons. The number of thiocarbonyl (C=S) groups is 1. The van der Waals surface area contributed by atoms with Gasteiger partial charge in [-0.2, -0.15) is 0 Å². The van der Waals surface area contributed by atoms with Crippen LogP contribution in [0.15, 0.2) is 40.9 Å². The van der Waals surface area contributed by atoms with Gasteiger partial charge in [0.1, 0.15) is 10.8 Å². The van der Waals surface area contributed by atoms with E-state index in [4.69, 9.17) is 18.0 Å². The molecule has 0 spiro atoms. The van der Waals surface area contributed by atoms with Crippen molar-refractivity contribution in [2.75, 3.05) is 5.32 Å². The van der Waals surface area contributed by atoms with Crippen LogP contribution >= 0.6 is 28.1 Å². The van der Waals surface area contributed by atoms with Gasteiger partial charge in [-0.1, -0.05) is 28.1 Å². The molecule has 108 valence electrons. The summed E-state index contributed by atoms with van der Waals surface area (Å²) < 4.78 is 14.0. The number of hydrogen-bond acceptors (Lipinski definition) is 2. The molecule has 0 saturated carbocycles. The maximum atomic E-state index is 13.2. The SMILES string of the molecule is Cc1cc(C(=O)Nc2ccc(Br)cc2C(N)=S)ccc1F. The van der Waals surface area contributed by atoms with Crippen LogP contribution in [0.25, 0.3) is 0 Å². The minimum absolute atomic E-state index is 0.182. The van der Waals surface area contributed by atoms with Crippen molar-refractivity contribution in [1.29, 1.82) is 0 Å². The molecule has 3 N–H and O–H groups in total. The number of hydrogen-bond donors (Lipinski definition) is 2. The van der Waals surface area contributed by atoms with Crippen molar-refractivity contribution in [2.24, 2.45) is 5.73 Å². The predicted octanol–water partition coefficient (Wildman–Crippen LogP) is 3.78. The standard InChI is InChI=1S/C15H12BrFN2OS/c1-8-6-9(2-4-12(8)17)15(20)19-13-5-3-10(16)7-11(13)14(18)21/h2-7H,1H3,(H2,18,21)(H,19,20). The van der Waals surface area contributed by atoms with Crippen LogP contribution in [-0.2, 0) is 0 Å². The number of aryl methyl sites for hydroxylation is 1. The number of carbonyl (C=O) groups excluding carboxylic acids is 1. The smallest absolute Gasteiger partial charge is 0.255 e. The van der Waals surface area contributed by atoms with Gasteiger partial charge in [0.2, 0.25) is 0 Å². The Kier molecular flexibility index (Phi) is 4.69. The first-order valence-corrected chi connectivity index (χ1v) is 7.25. The summed E-state index contributed by atoms with van der Waals surface area (Å²) >= 11 is 8.30. The lowest BCUT2D eigenvalue weighted by Crippen LogP contribution is -2.17. The van der Waals surface area contributed by atoms with E-state index in [1.54, 1.807) is 25.1 Å². The molecule has 2 rings (SSSR count). The molecule has 0 fully saturated rings. The maximum Gasteiger partial charge on any atom is 0.255 e. The van der Waals surface area contributed by atoms with E-state index in [-0.39, 0.29) is 16.7 Å². The highest BCUT2D eigenvalue weighted by atomic mass is 79.9. The highest BCUT2D eigenvalue weighted by Crippen LogP contribution is 2.22. The van der Waals surface area contributed by atoms with Crippen LogP contribution in [0.1, 0.15) is 21.5 Å². The van der Waals surface area contributed by atoms with Crippen molar-refractivity contribution in [2.45, 2.75) is 6.92 Å². The molecule has 3 nitrogen and oxygen atoms in total. The molecule has 1 amide bonds. The average molecular weight is 367 g/mol. The largest absolute Gasteiger partial charge is 0.389 e. The number of nitrogens with two attached hydrogens (primary N) is 1. The van der Waals surface area contributed by atoms with Gasteiger partial charge in [0, 0.05) is 15.6 Å². The van der Waals surface area contributed by atoms with Crippen LogP contribution in [-0.4, -0.2) is 10.9 Å². The van der Waals surface area contributed by atoms with Gasteiger partial charge >= 0.3 is 0 Å². The van der Waals surface area contributed by atoms with Crippen molar-refractivity contribution in [3.63, 3.8) is 0 Å². The summed E-state index contributed by atoms with van der Waals surface area (Å²) in [7, 11) is 0. The maximum absolute atomic E-state index is 13.2. The lowest BCUT2D eigenvalue weighted by molar-refractivity contribution is 0.102. The molecule has 0 saturated heterocycles. The number of benzene rings is 2. The van der Waals surface area contributed by atoms with Gasteiger partial charge in [0.05, 0.1) is 5.69 Å². The molecule has 0 unspecified atom stereocenters. The van der Waals surface area contributed by atoms with Gasteiger partial charge in [-0.05, 0) is 48.9 Å². The van der Waals surface area contributed by atoms with Crippen LogP contribution in [0.3, 0.4) is 0 Å². The lowest BCUT2D eigenvalue weighted by Gasteiger charge is -2.11. The second-order valence-electron chi connectivity index (χ2n) is 4.47. The molecule has 0 atom stereocenters. The molecular formula is C15H12BrFN2OS. The molecule has 0 aliphatic heterocycles. The fourth-order valence-corrected chi connectivity index (χ4v) is 2.34. The first-order valence-electron chi connectivity index (χ1n) is 6.05. The summed E-state index contributed by atoms with van der Waals surface area (Å²) in [6, 6.07) is 9.38. The molecule has 0 bridgehead atoms. The molecule has 0 aromatic heterocycles. The van der Waals surface area contributed by atoms with E-state index in [1.807, 2.05) is 0 Å². The molecular weight excluding hydrogens is 355 g/mol. The topological polar surface area (TPSA) is 55.1 Å². The monoisotopic (exact) mass is 366 g/mol. The highest BCUT2D eigenvalue weighted by Gasteiger charge is 2.12. The van der Waals surface area contributed by atoms with Gasteiger partial charge in [-0.25, -0.2) is 4.39 Å². The highest BCUT2D eigenvalue weighted by molar-refractivity contribution is 9.10. The minimum atomic E-state index is -0.349. The summed E-state index contributed by atoms with van der Waals surface area (Å²) in [4.78, 5) is 12.4. The average Bonchev–Trinajstić information content (AvgIpc) is 2.43. The van der Waals surface area contributed by atoms with Crippen LogP contribution in [0, 0.1) is 12.7 Å². The zero-order valence-electron chi connectivity index (χ0n) is 11.1. The first-order chi connectivity index (χ1) is 9.88. The molecule has 0 aliphatic carbocycles. The van der Waals surface area contributed by atoms with Crippen molar-refractivity contribution >= 4 is 44.7 Å².